The number of rotatable bonds is 8. The van der Waals surface area contributed by atoms with Gasteiger partial charge in [0.25, 0.3) is 11.3 Å². The summed E-state index contributed by atoms with van der Waals surface area (Å²) in [6, 6.07) is 18.8. The Balaban J connectivity index is 1.47. The molecular formula is C22H21N5O2. The number of nitrogens with one attached hydrogen (secondary N) is 2. The van der Waals surface area contributed by atoms with Crippen LogP contribution < -0.4 is 15.6 Å². The fourth-order valence-corrected chi connectivity index (χ4v) is 2.86. The number of nitrogens with zero attached hydrogens (tertiary/aromatic N) is 3. The highest BCUT2D eigenvalue weighted by atomic mass is 16.5. The summed E-state index contributed by atoms with van der Waals surface area (Å²) >= 11 is 0. The first kappa shape index (κ1) is 18.5. The van der Waals surface area contributed by atoms with E-state index in [2.05, 4.69) is 27.0 Å². The van der Waals surface area contributed by atoms with Gasteiger partial charge in [-0.05, 0) is 30.7 Å². The lowest BCUT2D eigenvalue weighted by Crippen LogP contribution is -2.17. The Morgan fingerprint density at radius 1 is 1.10 bits per heavy atom. The number of aromatic nitrogens is 4. The highest BCUT2D eigenvalue weighted by Gasteiger charge is 2.09. The topological polar surface area (TPSA) is 84.3 Å². The van der Waals surface area contributed by atoms with Crippen LogP contribution in [-0.4, -0.2) is 26.2 Å². The Morgan fingerprint density at radius 2 is 1.90 bits per heavy atom. The van der Waals surface area contributed by atoms with Gasteiger partial charge in [-0.1, -0.05) is 36.4 Å². The zero-order valence-electron chi connectivity index (χ0n) is 15.8. The first-order chi connectivity index (χ1) is 14.2. The third-order valence-electron chi connectivity index (χ3n) is 4.35. The van der Waals surface area contributed by atoms with Crippen LogP contribution in [0, 0.1) is 0 Å². The molecular weight excluding hydrogens is 366 g/mol. The SMILES string of the molecule is C=CCCOc1ccc(NCc2cc(=O)n3[nH]c(-c4ccccc4)nc3n2)cc1. The van der Waals surface area contributed by atoms with E-state index in [4.69, 9.17) is 4.74 Å². The molecule has 0 unspecified atom stereocenters. The summed E-state index contributed by atoms with van der Waals surface area (Å²) in [5, 5.41) is 6.26. The van der Waals surface area contributed by atoms with Crippen LogP contribution in [0.5, 0.6) is 5.75 Å². The van der Waals surface area contributed by atoms with E-state index in [0.717, 1.165) is 23.4 Å². The molecule has 0 aliphatic heterocycles. The molecule has 0 aliphatic rings. The monoisotopic (exact) mass is 387 g/mol. The van der Waals surface area contributed by atoms with E-state index in [0.29, 0.717) is 30.4 Å². The number of benzene rings is 2. The second-order valence-electron chi connectivity index (χ2n) is 6.46. The average Bonchev–Trinajstić information content (AvgIpc) is 3.19. The molecule has 2 heterocycles. The Bertz CT molecular complexity index is 1160. The Labute approximate surface area is 167 Å². The first-order valence-corrected chi connectivity index (χ1v) is 9.35. The van der Waals surface area contributed by atoms with Gasteiger partial charge in [0.1, 0.15) is 5.75 Å². The molecule has 4 aromatic rings. The van der Waals surface area contributed by atoms with Crippen molar-refractivity contribution in [1.29, 1.82) is 0 Å². The van der Waals surface area contributed by atoms with Crippen molar-refractivity contribution in [2.24, 2.45) is 0 Å². The quantitative estimate of drug-likeness (QED) is 0.356. The first-order valence-electron chi connectivity index (χ1n) is 9.35. The minimum atomic E-state index is -0.201. The summed E-state index contributed by atoms with van der Waals surface area (Å²) in [7, 11) is 0. The average molecular weight is 387 g/mol. The predicted molar refractivity (Wildman–Crippen MR) is 113 cm³/mol. The molecule has 0 atom stereocenters. The van der Waals surface area contributed by atoms with Crippen LogP contribution in [0.1, 0.15) is 12.1 Å². The van der Waals surface area contributed by atoms with Crippen LogP contribution in [0.3, 0.4) is 0 Å². The lowest BCUT2D eigenvalue weighted by atomic mass is 10.2. The highest BCUT2D eigenvalue weighted by molar-refractivity contribution is 5.56. The van der Waals surface area contributed by atoms with Crippen molar-refractivity contribution in [3.05, 3.63) is 89.4 Å². The van der Waals surface area contributed by atoms with E-state index in [1.165, 1.54) is 10.6 Å². The van der Waals surface area contributed by atoms with Crippen molar-refractivity contribution in [2.45, 2.75) is 13.0 Å². The molecule has 146 valence electrons. The maximum absolute atomic E-state index is 12.4. The van der Waals surface area contributed by atoms with Crippen molar-refractivity contribution in [3.63, 3.8) is 0 Å². The minimum absolute atomic E-state index is 0.201. The van der Waals surface area contributed by atoms with E-state index in [-0.39, 0.29) is 5.56 Å². The van der Waals surface area contributed by atoms with Gasteiger partial charge >= 0.3 is 0 Å². The number of hydrogen-bond donors (Lipinski definition) is 2. The summed E-state index contributed by atoms with van der Waals surface area (Å²) < 4.78 is 6.95. The van der Waals surface area contributed by atoms with Gasteiger partial charge in [-0.3, -0.25) is 9.89 Å². The number of anilines is 1. The van der Waals surface area contributed by atoms with E-state index in [1.807, 2.05) is 60.7 Å². The van der Waals surface area contributed by atoms with E-state index in [1.54, 1.807) is 0 Å². The molecule has 0 saturated heterocycles. The summed E-state index contributed by atoms with van der Waals surface area (Å²) in [6.07, 6.45) is 2.63. The van der Waals surface area contributed by atoms with Crippen molar-refractivity contribution in [3.8, 4) is 17.1 Å². The maximum Gasteiger partial charge on any atom is 0.274 e. The lowest BCUT2D eigenvalue weighted by Gasteiger charge is -2.08. The van der Waals surface area contributed by atoms with Crippen LogP contribution in [-0.2, 0) is 6.54 Å². The van der Waals surface area contributed by atoms with Crippen molar-refractivity contribution >= 4 is 11.5 Å². The Morgan fingerprint density at radius 3 is 2.66 bits per heavy atom. The predicted octanol–water partition coefficient (Wildman–Crippen LogP) is 3.65. The molecule has 2 aromatic carbocycles. The highest BCUT2D eigenvalue weighted by Crippen LogP contribution is 2.17. The summed E-state index contributed by atoms with van der Waals surface area (Å²) in [5.74, 6) is 1.76. The molecule has 2 aromatic heterocycles. The third-order valence-corrected chi connectivity index (χ3v) is 4.35. The second kappa shape index (κ2) is 8.43. The molecule has 0 fully saturated rings. The van der Waals surface area contributed by atoms with Gasteiger partial charge in [0.05, 0.1) is 18.8 Å². The van der Waals surface area contributed by atoms with Crippen molar-refractivity contribution < 1.29 is 4.74 Å². The smallest absolute Gasteiger partial charge is 0.274 e. The molecule has 2 N–H and O–H groups in total. The largest absolute Gasteiger partial charge is 0.493 e. The van der Waals surface area contributed by atoms with Crippen LogP contribution in [0.25, 0.3) is 17.2 Å². The Hall–Kier alpha value is -3.87. The summed E-state index contributed by atoms with van der Waals surface area (Å²) in [5.41, 5.74) is 2.22. The molecule has 0 aliphatic carbocycles. The molecule has 29 heavy (non-hydrogen) atoms. The molecule has 0 bridgehead atoms. The van der Waals surface area contributed by atoms with Crippen LogP contribution >= 0.6 is 0 Å². The van der Waals surface area contributed by atoms with Crippen molar-refractivity contribution in [1.82, 2.24) is 19.6 Å². The van der Waals surface area contributed by atoms with Gasteiger partial charge in [-0.15, -0.1) is 6.58 Å². The van der Waals surface area contributed by atoms with Crippen molar-refractivity contribution in [2.75, 3.05) is 11.9 Å². The molecule has 0 spiro atoms. The van der Waals surface area contributed by atoms with Gasteiger partial charge in [0.2, 0.25) is 0 Å². The zero-order chi connectivity index (χ0) is 20.1. The number of H-pyrrole nitrogens is 1. The number of fused-ring (bicyclic) bond motifs is 1. The van der Waals surface area contributed by atoms with Crippen LogP contribution in [0.2, 0.25) is 0 Å². The third kappa shape index (κ3) is 4.35. The normalized spacial score (nSPS) is 10.8. The molecule has 7 nitrogen and oxygen atoms in total. The van der Waals surface area contributed by atoms with E-state index >= 15 is 0 Å². The number of aromatic amines is 1. The van der Waals surface area contributed by atoms with Gasteiger partial charge in [-0.2, -0.15) is 9.50 Å². The van der Waals surface area contributed by atoms with E-state index in [9.17, 15) is 4.79 Å². The number of hydrogen-bond acceptors (Lipinski definition) is 5. The minimum Gasteiger partial charge on any atom is -0.493 e. The van der Waals surface area contributed by atoms with Gasteiger partial charge in [-0.25, -0.2) is 4.98 Å². The molecule has 0 saturated carbocycles. The summed E-state index contributed by atoms with van der Waals surface area (Å²) in [6.45, 7) is 4.70. The van der Waals surface area contributed by atoms with Crippen LogP contribution in [0.15, 0.2) is 78.1 Å². The molecule has 0 amide bonds. The van der Waals surface area contributed by atoms with E-state index < -0.39 is 0 Å². The Kier molecular flexibility index (Phi) is 5.38. The second-order valence-corrected chi connectivity index (χ2v) is 6.46. The standard InChI is InChI=1S/C22H21N5O2/c1-2-3-13-29-19-11-9-17(10-12-19)23-15-18-14-20(28)27-22(24-18)25-21(26-27)16-7-5-4-6-8-16/h2,4-12,14,23H,1,3,13,15H2,(H,24,25,26). The lowest BCUT2D eigenvalue weighted by molar-refractivity contribution is 0.325. The van der Waals surface area contributed by atoms with Crippen LogP contribution in [0.4, 0.5) is 5.69 Å². The van der Waals surface area contributed by atoms with Gasteiger partial charge in [0, 0.05) is 17.3 Å². The molecule has 7 heteroatoms. The maximum atomic E-state index is 12.4. The summed E-state index contributed by atoms with van der Waals surface area (Å²) in [4.78, 5) is 21.4. The molecule has 4 rings (SSSR count). The zero-order valence-corrected chi connectivity index (χ0v) is 15.8. The van der Waals surface area contributed by atoms with Gasteiger partial charge < -0.3 is 10.1 Å². The fourth-order valence-electron chi connectivity index (χ4n) is 2.86. The molecule has 0 radical (unpaired) electrons. The number of ether oxygens (including phenoxy) is 1. The fraction of sp³-hybridized carbons (Fsp3) is 0.136. The van der Waals surface area contributed by atoms with Gasteiger partial charge in [0.15, 0.2) is 5.82 Å².